The van der Waals surface area contributed by atoms with E-state index in [-0.39, 0.29) is 21.3 Å². The molecular formula is C24H18BrClF3N3O5S. The number of methoxy groups -OCH3 is 2. The lowest BCUT2D eigenvalue weighted by molar-refractivity contribution is -0.150. The summed E-state index contributed by atoms with van der Waals surface area (Å²) in [5.74, 6) is -4.72. The molecule has 1 aliphatic heterocycles. The molecule has 2 aromatic carbocycles. The highest BCUT2D eigenvalue weighted by molar-refractivity contribution is 9.10. The molecule has 0 aliphatic carbocycles. The number of allylic oxidation sites excluding steroid dienone is 1. The summed E-state index contributed by atoms with van der Waals surface area (Å²) in [5.41, 5.74) is -0.827. The Bertz CT molecular complexity index is 1360. The molecule has 2 aromatic rings. The highest BCUT2D eigenvalue weighted by Crippen LogP contribution is 2.42. The normalized spacial score (nSPS) is 17.4. The van der Waals surface area contributed by atoms with E-state index in [4.69, 9.17) is 21.1 Å². The summed E-state index contributed by atoms with van der Waals surface area (Å²) >= 11 is 10.0. The molecule has 0 spiro atoms. The van der Waals surface area contributed by atoms with Crippen LogP contribution in [0.2, 0.25) is 5.02 Å². The Balaban J connectivity index is 1.91. The van der Waals surface area contributed by atoms with Gasteiger partial charge >= 0.3 is 12.1 Å². The molecule has 200 valence electrons. The quantitative estimate of drug-likeness (QED) is 0.317. The minimum absolute atomic E-state index is 0.00744. The number of nitriles is 1. The van der Waals surface area contributed by atoms with Crippen LogP contribution in [0.3, 0.4) is 0 Å². The summed E-state index contributed by atoms with van der Waals surface area (Å²) in [7, 11) is 2.57. The number of halogens is 5. The first-order valence-electron chi connectivity index (χ1n) is 10.6. The van der Waals surface area contributed by atoms with E-state index in [0.717, 1.165) is 31.0 Å². The van der Waals surface area contributed by atoms with Crippen LogP contribution in [-0.2, 0) is 25.3 Å². The molecule has 0 saturated carbocycles. The van der Waals surface area contributed by atoms with Crippen LogP contribution in [-0.4, -0.2) is 37.8 Å². The summed E-state index contributed by atoms with van der Waals surface area (Å²) in [5, 5.41) is 14.7. The summed E-state index contributed by atoms with van der Waals surface area (Å²) in [6, 6.07) is 9.27. The third-order valence-corrected chi connectivity index (χ3v) is 7.40. The van der Waals surface area contributed by atoms with Crippen molar-refractivity contribution in [3.63, 3.8) is 0 Å². The molecular weight excluding hydrogens is 615 g/mol. The minimum Gasteiger partial charge on any atom is -0.496 e. The number of carbonyl (C=O) groups excluding carboxylic acids is 3. The molecule has 0 saturated heterocycles. The largest absolute Gasteiger partial charge is 0.496 e. The molecule has 0 unspecified atom stereocenters. The Morgan fingerprint density at radius 1 is 1.24 bits per heavy atom. The second-order valence-electron chi connectivity index (χ2n) is 7.75. The number of esters is 1. The predicted octanol–water partition coefficient (Wildman–Crippen LogP) is 5.24. The maximum absolute atomic E-state index is 13.0. The first-order valence-corrected chi connectivity index (χ1v) is 12.7. The van der Waals surface area contributed by atoms with Crippen LogP contribution >= 0.6 is 39.3 Å². The molecule has 38 heavy (non-hydrogen) atoms. The van der Waals surface area contributed by atoms with Gasteiger partial charge in [0.2, 0.25) is 11.8 Å². The van der Waals surface area contributed by atoms with Crippen molar-refractivity contribution in [3.05, 3.63) is 67.6 Å². The smallest absolute Gasteiger partial charge is 0.416 e. The highest BCUT2D eigenvalue weighted by atomic mass is 79.9. The number of anilines is 1. The van der Waals surface area contributed by atoms with Crippen LogP contribution in [0.1, 0.15) is 17.0 Å². The number of ether oxygens (including phenoxy) is 2. The molecule has 8 nitrogen and oxygen atoms in total. The molecule has 3 rings (SSSR count). The molecule has 1 heterocycles. The van der Waals surface area contributed by atoms with E-state index < -0.39 is 47.1 Å². The zero-order valence-electron chi connectivity index (χ0n) is 19.6. The second-order valence-corrected chi connectivity index (χ2v) is 9.99. The molecule has 0 bridgehead atoms. The van der Waals surface area contributed by atoms with Crippen molar-refractivity contribution in [1.29, 1.82) is 5.26 Å². The van der Waals surface area contributed by atoms with Gasteiger partial charge in [0.15, 0.2) is 0 Å². The van der Waals surface area contributed by atoms with E-state index in [0.29, 0.717) is 21.9 Å². The van der Waals surface area contributed by atoms with E-state index in [2.05, 4.69) is 26.6 Å². The van der Waals surface area contributed by atoms with Gasteiger partial charge in [-0.3, -0.25) is 14.4 Å². The summed E-state index contributed by atoms with van der Waals surface area (Å²) in [6.45, 7) is 0. The molecule has 14 heteroatoms. The topological polar surface area (TPSA) is 118 Å². The zero-order valence-corrected chi connectivity index (χ0v) is 22.8. The van der Waals surface area contributed by atoms with Gasteiger partial charge in [0.25, 0.3) is 0 Å². The molecule has 2 N–H and O–H groups in total. The highest BCUT2D eigenvalue weighted by Gasteiger charge is 2.44. The number of nitrogens with zero attached hydrogens (tertiary/aromatic N) is 1. The third kappa shape index (κ3) is 6.43. The number of carbonyl (C=O) groups is 3. The van der Waals surface area contributed by atoms with Crippen molar-refractivity contribution < 1.29 is 37.0 Å². The fourth-order valence-corrected chi connectivity index (χ4v) is 5.25. The lowest BCUT2D eigenvalue weighted by atomic mass is 9.78. The van der Waals surface area contributed by atoms with Gasteiger partial charge in [-0.1, -0.05) is 29.4 Å². The Hall–Kier alpha value is -3.21. The van der Waals surface area contributed by atoms with Gasteiger partial charge in [-0.2, -0.15) is 18.4 Å². The first kappa shape index (κ1) is 29.3. The van der Waals surface area contributed by atoms with Crippen LogP contribution in [0.15, 0.2) is 51.5 Å². The summed E-state index contributed by atoms with van der Waals surface area (Å²) in [6.07, 6.45) is -4.64. The number of amides is 2. The SMILES string of the molecule is COC(=O)[C@H]1C(=O)NC(SCC(=O)Nc2cc(C(F)(F)F)ccc2Cl)=C(C#N)[C@H]1c1ccc(OC)c(Br)c1. The maximum atomic E-state index is 13.0. The lowest BCUT2D eigenvalue weighted by Gasteiger charge is -2.31. The first-order chi connectivity index (χ1) is 17.9. The Labute approximate surface area is 232 Å². The average molecular weight is 633 g/mol. The van der Waals surface area contributed by atoms with Crippen molar-refractivity contribution in [2.45, 2.75) is 12.1 Å². The average Bonchev–Trinajstić information content (AvgIpc) is 2.87. The molecule has 2 atom stereocenters. The number of hydrogen-bond acceptors (Lipinski definition) is 7. The van der Waals surface area contributed by atoms with Gasteiger partial charge in [-0.15, -0.1) is 0 Å². The predicted molar refractivity (Wildman–Crippen MR) is 137 cm³/mol. The van der Waals surface area contributed by atoms with Gasteiger partial charge in [-0.25, -0.2) is 0 Å². The number of thioether (sulfide) groups is 1. The van der Waals surface area contributed by atoms with Crippen molar-refractivity contribution in [2.24, 2.45) is 5.92 Å². The summed E-state index contributed by atoms with van der Waals surface area (Å²) < 4.78 is 49.6. The van der Waals surface area contributed by atoms with Crippen LogP contribution in [0.25, 0.3) is 0 Å². The van der Waals surface area contributed by atoms with Crippen LogP contribution in [0, 0.1) is 17.2 Å². The lowest BCUT2D eigenvalue weighted by Crippen LogP contribution is -2.44. The van der Waals surface area contributed by atoms with E-state index >= 15 is 0 Å². The number of benzene rings is 2. The molecule has 2 amide bonds. The van der Waals surface area contributed by atoms with Crippen molar-refractivity contribution >= 4 is 62.8 Å². The number of nitrogens with one attached hydrogen (secondary N) is 2. The second kappa shape index (κ2) is 12.1. The molecule has 0 fully saturated rings. The maximum Gasteiger partial charge on any atom is 0.416 e. The Morgan fingerprint density at radius 2 is 1.95 bits per heavy atom. The van der Waals surface area contributed by atoms with E-state index in [1.807, 2.05) is 6.07 Å². The monoisotopic (exact) mass is 631 g/mol. The van der Waals surface area contributed by atoms with E-state index in [9.17, 15) is 32.8 Å². The number of hydrogen-bond donors (Lipinski definition) is 2. The minimum atomic E-state index is -4.64. The van der Waals surface area contributed by atoms with Crippen molar-refractivity contribution in [3.8, 4) is 11.8 Å². The Kier molecular flexibility index (Phi) is 9.35. The fourth-order valence-electron chi connectivity index (χ4n) is 3.68. The molecule has 0 radical (unpaired) electrons. The van der Waals surface area contributed by atoms with Gasteiger partial charge in [-0.05, 0) is 51.8 Å². The molecule has 0 aromatic heterocycles. The number of rotatable bonds is 7. The Morgan fingerprint density at radius 3 is 2.53 bits per heavy atom. The summed E-state index contributed by atoms with van der Waals surface area (Å²) in [4.78, 5) is 38.0. The van der Waals surface area contributed by atoms with E-state index in [1.54, 1.807) is 18.2 Å². The fraction of sp³-hybridized carbons (Fsp3) is 0.250. The van der Waals surface area contributed by atoms with Crippen LogP contribution < -0.4 is 15.4 Å². The number of alkyl halides is 3. The van der Waals surface area contributed by atoms with Gasteiger partial charge in [0.1, 0.15) is 11.7 Å². The third-order valence-electron chi connectivity index (χ3n) is 5.43. The van der Waals surface area contributed by atoms with Crippen LogP contribution in [0.5, 0.6) is 5.75 Å². The van der Waals surface area contributed by atoms with Crippen molar-refractivity contribution in [2.75, 3.05) is 25.3 Å². The van der Waals surface area contributed by atoms with Crippen LogP contribution in [0.4, 0.5) is 18.9 Å². The van der Waals surface area contributed by atoms with Crippen molar-refractivity contribution in [1.82, 2.24) is 5.32 Å². The van der Waals surface area contributed by atoms with E-state index in [1.165, 1.54) is 7.11 Å². The van der Waals surface area contributed by atoms with Gasteiger partial charge in [0.05, 0.1) is 57.4 Å². The molecule has 1 aliphatic rings. The van der Waals surface area contributed by atoms with Gasteiger partial charge < -0.3 is 20.1 Å². The van der Waals surface area contributed by atoms with Gasteiger partial charge in [0, 0.05) is 5.92 Å². The zero-order chi connectivity index (χ0) is 28.2. The standard InChI is InChI=1S/C24H18BrClF3N3O5S/c1-36-17-6-3-11(7-14(17)25)19-13(9-30)22(32-21(34)20(19)23(35)37-2)38-10-18(33)31-16-8-12(24(27,28)29)4-5-15(16)26/h3-8,19-20H,10H2,1-2H3,(H,31,33)(H,32,34)/t19-,20-/m1/s1.